The molecule has 4 N–H and O–H groups in total. The van der Waals surface area contributed by atoms with Crippen LogP contribution >= 0.6 is 11.3 Å². The molecule has 1 aliphatic carbocycles. The maximum atomic E-state index is 13.6. The smallest absolute Gasteiger partial charge is 0.407 e. The zero-order chi connectivity index (χ0) is 32.1. The first-order chi connectivity index (χ1) is 20.6. The highest BCUT2D eigenvalue weighted by molar-refractivity contribution is 7.89. The lowest BCUT2D eigenvalue weighted by atomic mass is 9.86. The van der Waals surface area contributed by atoms with E-state index in [1.165, 1.54) is 17.4 Å². The molecule has 2 heterocycles. The Kier molecular flexibility index (Phi) is 10.3. The number of nitrogens with zero attached hydrogens (tertiary/aromatic N) is 2. The number of carbonyl (C=O) groups excluding carboxylic acids is 2. The highest BCUT2D eigenvalue weighted by Gasteiger charge is 2.29. The number of amides is 3. The van der Waals surface area contributed by atoms with Crippen LogP contribution < -0.4 is 20.7 Å². The van der Waals surface area contributed by atoms with E-state index in [1.807, 2.05) is 26.8 Å². The summed E-state index contributed by atoms with van der Waals surface area (Å²) in [7, 11) is -3.96. The Hall–Kier alpha value is -3.55. The van der Waals surface area contributed by atoms with Crippen molar-refractivity contribution >= 4 is 39.2 Å². The number of benzene rings is 1. The fourth-order valence-electron chi connectivity index (χ4n) is 4.89. The van der Waals surface area contributed by atoms with Gasteiger partial charge in [0.05, 0.1) is 27.0 Å². The van der Waals surface area contributed by atoms with Gasteiger partial charge in [0.25, 0.3) is 0 Å². The van der Waals surface area contributed by atoms with Crippen LogP contribution in [0.5, 0.6) is 0 Å². The first kappa shape index (κ1) is 33.3. The zero-order valence-electron chi connectivity index (χ0n) is 26.1. The number of ether oxygens (including phenoxy) is 1. The third-order valence-electron chi connectivity index (χ3n) is 6.71. The van der Waals surface area contributed by atoms with Gasteiger partial charge in [0.15, 0.2) is 0 Å². The predicted octanol–water partition coefficient (Wildman–Crippen LogP) is 6.15. The Bertz CT molecular complexity index is 1550. The fourth-order valence-corrected chi connectivity index (χ4v) is 7.75. The standard InChI is InChI=1S/C31H42N6O5S2/c1-30(2,3)37-44(40,41)26-17-22(35-28(38)34-18-23-9-7-8-16-32-23)14-15-24(26)25-19-33-27(43-25)20-10-12-21(13-11-20)36-29(39)42-31(4,5)6/h7-9,14-17,19-21,37H,10-13,18H2,1-6H3,(H,36,39)(H2,34,35,38)/t20-,21-. The van der Waals surface area contributed by atoms with Crippen LogP contribution in [0.15, 0.2) is 53.7 Å². The van der Waals surface area contributed by atoms with Crippen molar-refractivity contribution in [1.82, 2.24) is 25.3 Å². The molecule has 1 fully saturated rings. The molecule has 2 aromatic heterocycles. The molecule has 1 saturated carbocycles. The van der Waals surface area contributed by atoms with Gasteiger partial charge < -0.3 is 20.7 Å². The van der Waals surface area contributed by atoms with E-state index in [0.717, 1.165) is 35.6 Å². The van der Waals surface area contributed by atoms with Gasteiger partial charge in [0, 0.05) is 41.1 Å². The van der Waals surface area contributed by atoms with Crippen LogP contribution in [0.2, 0.25) is 0 Å². The monoisotopic (exact) mass is 642 g/mol. The summed E-state index contributed by atoms with van der Waals surface area (Å²) in [5, 5.41) is 9.37. The van der Waals surface area contributed by atoms with Crippen LogP contribution in [0.25, 0.3) is 10.4 Å². The van der Waals surface area contributed by atoms with Crippen molar-refractivity contribution in [2.24, 2.45) is 0 Å². The molecular weight excluding hydrogens is 601 g/mol. The first-order valence-corrected chi connectivity index (χ1v) is 17.0. The topological polar surface area (TPSA) is 151 Å². The largest absolute Gasteiger partial charge is 0.444 e. The second kappa shape index (κ2) is 13.6. The Morgan fingerprint density at radius 1 is 1.00 bits per heavy atom. The van der Waals surface area contributed by atoms with Crippen molar-refractivity contribution in [3.05, 3.63) is 59.5 Å². The molecule has 1 aliphatic rings. The third-order valence-corrected chi connectivity index (χ3v) is 9.70. The van der Waals surface area contributed by atoms with Gasteiger partial charge in [0.2, 0.25) is 10.0 Å². The summed E-state index contributed by atoms with van der Waals surface area (Å²) in [6, 6.07) is 9.84. The minimum atomic E-state index is -3.96. The molecule has 0 aliphatic heterocycles. The van der Waals surface area contributed by atoms with Crippen LogP contribution in [0.3, 0.4) is 0 Å². The molecule has 11 nitrogen and oxygen atoms in total. The lowest BCUT2D eigenvalue weighted by Crippen LogP contribution is -2.40. The van der Waals surface area contributed by atoms with Crippen LogP contribution in [0, 0.1) is 0 Å². The molecular formula is C31H42N6O5S2. The average molecular weight is 643 g/mol. The molecule has 3 amide bonds. The highest BCUT2D eigenvalue weighted by atomic mass is 32.2. The summed E-state index contributed by atoms with van der Waals surface area (Å²) < 4.78 is 35.3. The van der Waals surface area contributed by atoms with Crippen LogP contribution in [0.1, 0.15) is 83.8 Å². The van der Waals surface area contributed by atoms with E-state index in [1.54, 1.807) is 57.4 Å². The quantitative estimate of drug-likeness (QED) is 0.230. The maximum Gasteiger partial charge on any atom is 0.407 e. The van der Waals surface area contributed by atoms with E-state index >= 15 is 0 Å². The minimum absolute atomic E-state index is 0.0435. The molecule has 0 atom stereocenters. The summed E-state index contributed by atoms with van der Waals surface area (Å²) in [4.78, 5) is 34.4. The van der Waals surface area contributed by atoms with Crippen molar-refractivity contribution in [1.29, 1.82) is 0 Å². The van der Waals surface area contributed by atoms with Gasteiger partial charge in [-0.1, -0.05) is 12.1 Å². The molecule has 13 heteroatoms. The molecule has 0 bridgehead atoms. The number of carbonyl (C=O) groups is 2. The molecule has 0 radical (unpaired) electrons. The molecule has 44 heavy (non-hydrogen) atoms. The number of sulfonamides is 1. The number of alkyl carbamates (subject to hydrolysis) is 1. The molecule has 0 spiro atoms. The number of hydrogen-bond donors (Lipinski definition) is 4. The summed E-state index contributed by atoms with van der Waals surface area (Å²) in [6.07, 6.45) is 6.25. The highest BCUT2D eigenvalue weighted by Crippen LogP contribution is 2.40. The number of hydrogen-bond acceptors (Lipinski definition) is 8. The van der Waals surface area contributed by atoms with Gasteiger partial charge in [0.1, 0.15) is 5.60 Å². The second-order valence-corrected chi connectivity index (χ2v) is 15.7. The molecule has 0 saturated heterocycles. The summed E-state index contributed by atoms with van der Waals surface area (Å²) >= 11 is 1.47. The van der Waals surface area contributed by atoms with Crippen LogP contribution in [-0.2, 0) is 21.3 Å². The number of aromatic nitrogens is 2. The Morgan fingerprint density at radius 3 is 2.36 bits per heavy atom. The summed E-state index contributed by atoms with van der Waals surface area (Å²) in [6.45, 7) is 11.1. The van der Waals surface area contributed by atoms with Crippen molar-refractivity contribution in [2.45, 2.75) is 102 Å². The lowest BCUT2D eigenvalue weighted by Gasteiger charge is -2.29. The molecule has 0 unspecified atom stereocenters. The van der Waals surface area contributed by atoms with Crippen molar-refractivity contribution in [3.63, 3.8) is 0 Å². The Balaban J connectivity index is 1.49. The number of anilines is 1. The number of pyridine rings is 1. The number of nitrogens with one attached hydrogen (secondary N) is 4. The maximum absolute atomic E-state index is 13.6. The van der Waals surface area contributed by atoms with Crippen LogP contribution in [0.4, 0.5) is 15.3 Å². The SMILES string of the molecule is CC(C)(C)NS(=O)(=O)c1cc(NC(=O)NCc2ccccn2)ccc1-c1cnc([C@H]2CC[C@H](NC(=O)OC(C)(C)C)CC2)s1. The van der Waals surface area contributed by atoms with E-state index < -0.39 is 33.3 Å². The van der Waals surface area contributed by atoms with Crippen molar-refractivity contribution in [2.75, 3.05) is 5.32 Å². The lowest BCUT2D eigenvalue weighted by molar-refractivity contribution is 0.0491. The van der Waals surface area contributed by atoms with E-state index in [2.05, 4.69) is 30.6 Å². The van der Waals surface area contributed by atoms with E-state index in [9.17, 15) is 18.0 Å². The summed E-state index contributed by atoms with van der Waals surface area (Å²) in [5.74, 6) is 0.210. The third kappa shape index (κ3) is 9.73. The molecule has 4 rings (SSSR count). The van der Waals surface area contributed by atoms with Crippen molar-refractivity contribution in [3.8, 4) is 10.4 Å². The number of thiazole rings is 1. The van der Waals surface area contributed by atoms with Gasteiger partial charge in [-0.15, -0.1) is 11.3 Å². The first-order valence-electron chi connectivity index (χ1n) is 14.7. The van der Waals surface area contributed by atoms with Gasteiger partial charge >= 0.3 is 12.1 Å². The molecule has 1 aromatic carbocycles. The molecule has 238 valence electrons. The van der Waals surface area contributed by atoms with Crippen molar-refractivity contribution < 1.29 is 22.7 Å². The van der Waals surface area contributed by atoms with Crippen LogP contribution in [-0.4, -0.2) is 47.7 Å². The van der Waals surface area contributed by atoms with Gasteiger partial charge in [-0.05, 0) is 91.5 Å². The van der Waals surface area contributed by atoms with Gasteiger partial charge in [-0.2, -0.15) is 0 Å². The van der Waals surface area contributed by atoms with E-state index in [-0.39, 0.29) is 23.4 Å². The fraction of sp³-hybridized carbons (Fsp3) is 0.484. The summed E-state index contributed by atoms with van der Waals surface area (Å²) in [5.41, 5.74) is 0.273. The van der Waals surface area contributed by atoms with Gasteiger partial charge in [-0.3, -0.25) is 4.98 Å². The molecule has 3 aromatic rings. The predicted molar refractivity (Wildman–Crippen MR) is 172 cm³/mol. The van der Waals surface area contributed by atoms with E-state index in [4.69, 9.17) is 4.74 Å². The minimum Gasteiger partial charge on any atom is -0.444 e. The average Bonchev–Trinajstić information content (AvgIpc) is 3.41. The Labute approximate surface area is 263 Å². The number of rotatable bonds is 8. The van der Waals surface area contributed by atoms with E-state index in [0.29, 0.717) is 16.9 Å². The normalized spacial score (nSPS) is 17.5. The number of urea groups is 1. The second-order valence-electron chi connectivity index (χ2n) is 13.0. The van der Waals surface area contributed by atoms with Gasteiger partial charge in [-0.25, -0.2) is 27.7 Å². The zero-order valence-corrected chi connectivity index (χ0v) is 27.7. The Morgan fingerprint density at radius 2 is 1.73 bits per heavy atom.